The van der Waals surface area contributed by atoms with Crippen LogP contribution in [0.4, 0.5) is 10.5 Å². The Morgan fingerprint density at radius 1 is 1.03 bits per heavy atom. The molecule has 1 saturated heterocycles. The first-order valence-electron chi connectivity index (χ1n) is 11.0. The number of hydrogen-bond donors (Lipinski definition) is 1. The average molecular weight is 541 g/mol. The van der Waals surface area contributed by atoms with Gasteiger partial charge in [-0.25, -0.2) is 0 Å². The third-order valence-electron chi connectivity index (χ3n) is 5.49. The second kappa shape index (κ2) is 11.2. The Morgan fingerprint density at radius 3 is 2.47 bits per heavy atom. The summed E-state index contributed by atoms with van der Waals surface area (Å²) in [5.41, 5.74) is 3.95. The number of hydrogen-bond acceptors (Lipinski definition) is 5. The number of para-hydroxylation sites is 1. The lowest BCUT2D eigenvalue weighted by atomic mass is 10.1. The number of carbonyl (C=O) groups is 3. The van der Waals surface area contributed by atoms with E-state index in [9.17, 15) is 14.4 Å². The van der Waals surface area contributed by atoms with Gasteiger partial charge >= 0.3 is 0 Å². The molecule has 184 valence electrons. The SMILES string of the molecule is Cc1cccc(C)c1NC(=O)CN1C(=O)S/C(=C/c2cccc(OCc3ccc(Cl)cc3Cl)c2)C1=O. The number of carbonyl (C=O) groups excluding carboxylic acids is 3. The molecular formula is C27H22Cl2N2O4S. The smallest absolute Gasteiger partial charge is 0.294 e. The second-order valence-electron chi connectivity index (χ2n) is 8.18. The maximum absolute atomic E-state index is 12.9. The Balaban J connectivity index is 1.42. The molecule has 3 aromatic carbocycles. The van der Waals surface area contributed by atoms with Crippen molar-refractivity contribution in [1.29, 1.82) is 0 Å². The molecule has 0 aromatic heterocycles. The number of aryl methyl sites for hydroxylation is 2. The summed E-state index contributed by atoms with van der Waals surface area (Å²) in [4.78, 5) is 39.1. The van der Waals surface area contributed by atoms with E-state index < -0.39 is 17.1 Å². The van der Waals surface area contributed by atoms with E-state index in [-0.39, 0.29) is 18.1 Å². The number of ether oxygens (including phenoxy) is 1. The van der Waals surface area contributed by atoms with Crippen LogP contribution >= 0.6 is 35.0 Å². The van der Waals surface area contributed by atoms with Gasteiger partial charge in [-0.1, -0.05) is 59.6 Å². The highest BCUT2D eigenvalue weighted by Crippen LogP contribution is 2.33. The van der Waals surface area contributed by atoms with Crippen molar-refractivity contribution in [3.63, 3.8) is 0 Å². The summed E-state index contributed by atoms with van der Waals surface area (Å²) in [7, 11) is 0. The Bertz CT molecular complexity index is 1370. The lowest BCUT2D eigenvalue weighted by Gasteiger charge is -2.15. The molecule has 3 aromatic rings. The highest BCUT2D eigenvalue weighted by molar-refractivity contribution is 8.18. The van der Waals surface area contributed by atoms with Gasteiger partial charge < -0.3 is 10.1 Å². The van der Waals surface area contributed by atoms with Gasteiger partial charge in [-0.15, -0.1) is 0 Å². The van der Waals surface area contributed by atoms with E-state index in [1.807, 2.05) is 32.0 Å². The number of anilines is 1. The van der Waals surface area contributed by atoms with Crippen molar-refractivity contribution in [3.8, 4) is 5.75 Å². The minimum absolute atomic E-state index is 0.234. The van der Waals surface area contributed by atoms with Crippen LogP contribution in [0.25, 0.3) is 6.08 Å². The number of nitrogens with zero attached hydrogens (tertiary/aromatic N) is 1. The maximum Gasteiger partial charge on any atom is 0.294 e. The van der Waals surface area contributed by atoms with Crippen LogP contribution in [-0.4, -0.2) is 28.5 Å². The van der Waals surface area contributed by atoms with Gasteiger partial charge in [-0.2, -0.15) is 0 Å². The van der Waals surface area contributed by atoms with Crippen molar-refractivity contribution in [1.82, 2.24) is 4.90 Å². The number of rotatable bonds is 7. The number of halogens is 2. The number of thioether (sulfide) groups is 1. The van der Waals surface area contributed by atoms with Gasteiger partial charge in [0.25, 0.3) is 11.1 Å². The molecule has 6 nitrogen and oxygen atoms in total. The van der Waals surface area contributed by atoms with Gasteiger partial charge in [-0.05, 0) is 72.6 Å². The summed E-state index contributed by atoms with van der Waals surface area (Å²) in [5.74, 6) is -0.380. The van der Waals surface area contributed by atoms with Crippen molar-refractivity contribution in [2.45, 2.75) is 20.5 Å². The zero-order chi connectivity index (χ0) is 25.8. The predicted octanol–water partition coefficient (Wildman–Crippen LogP) is 6.86. The zero-order valence-electron chi connectivity index (χ0n) is 19.5. The molecule has 36 heavy (non-hydrogen) atoms. The van der Waals surface area contributed by atoms with Crippen molar-refractivity contribution in [2.24, 2.45) is 0 Å². The quantitative estimate of drug-likeness (QED) is 0.331. The molecule has 1 aliphatic rings. The molecule has 4 rings (SSSR count). The molecule has 0 radical (unpaired) electrons. The third-order valence-corrected chi connectivity index (χ3v) is 6.98. The lowest BCUT2D eigenvalue weighted by molar-refractivity contribution is -0.127. The summed E-state index contributed by atoms with van der Waals surface area (Å²) < 4.78 is 5.84. The maximum atomic E-state index is 12.9. The zero-order valence-corrected chi connectivity index (χ0v) is 21.8. The summed E-state index contributed by atoms with van der Waals surface area (Å²) in [6.45, 7) is 3.65. The monoisotopic (exact) mass is 540 g/mol. The van der Waals surface area contributed by atoms with Crippen molar-refractivity contribution < 1.29 is 19.1 Å². The largest absolute Gasteiger partial charge is 0.489 e. The Hall–Kier alpha value is -3.26. The van der Waals surface area contributed by atoms with Gasteiger partial charge in [0.2, 0.25) is 5.91 Å². The number of imide groups is 1. The van der Waals surface area contributed by atoms with E-state index >= 15 is 0 Å². The molecule has 0 atom stereocenters. The van der Waals surface area contributed by atoms with E-state index in [4.69, 9.17) is 27.9 Å². The molecular weight excluding hydrogens is 519 g/mol. The summed E-state index contributed by atoms with van der Waals surface area (Å²) >= 11 is 12.9. The van der Waals surface area contributed by atoms with Crippen molar-refractivity contribution >= 4 is 63.8 Å². The van der Waals surface area contributed by atoms with E-state index in [2.05, 4.69) is 5.32 Å². The molecule has 1 heterocycles. The molecule has 0 bridgehead atoms. The molecule has 3 amide bonds. The molecule has 9 heteroatoms. The van der Waals surface area contributed by atoms with E-state index in [0.29, 0.717) is 27.0 Å². The second-order valence-corrected chi connectivity index (χ2v) is 10.0. The van der Waals surface area contributed by atoms with Crippen LogP contribution in [0.3, 0.4) is 0 Å². The average Bonchev–Trinajstić information content (AvgIpc) is 3.08. The van der Waals surface area contributed by atoms with E-state index in [1.54, 1.807) is 48.5 Å². The highest BCUT2D eigenvalue weighted by Gasteiger charge is 2.36. The van der Waals surface area contributed by atoms with Crippen LogP contribution in [0.5, 0.6) is 5.75 Å². The third kappa shape index (κ3) is 6.10. The normalized spacial score (nSPS) is 14.4. The van der Waals surface area contributed by atoms with Gasteiger partial charge in [-0.3, -0.25) is 19.3 Å². The molecule has 1 aliphatic heterocycles. The van der Waals surface area contributed by atoms with Crippen LogP contribution in [0, 0.1) is 13.8 Å². The summed E-state index contributed by atoms with van der Waals surface area (Å²) in [6.07, 6.45) is 1.61. The molecule has 0 spiro atoms. The van der Waals surface area contributed by atoms with Crippen LogP contribution in [0.2, 0.25) is 10.0 Å². The van der Waals surface area contributed by atoms with Gasteiger partial charge in [0.1, 0.15) is 18.9 Å². The fourth-order valence-corrected chi connectivity index (χ4v) is 4.92. The standard InChI is InChI=1S/C27H22Cl2N2O4S/c1-16-5-3-6-17(2)25(16)30-24(32)14-31-26(33)23(36-27(31)34)12-18-7-4-8-21(11-18)35-15-19-9-10-20(28)13-22(19)29/h3-13H,14-15H2,1-2H3,(H,30,32)/b23-12+. The summed E-state index contributed by atoms with van der Waals surface area (Å²) in [5, 5.41) is 3.37. The van der Waals surface area contributed by atoms with Crippen LogP contribution in [0.1, 0.15) is 22.3 Å². The molecule has 0 aliphatic carbocycles. The first-order chi connectivity index (χ1) is 17.2. The fraction of sp³-hybridized carbons (Fsp3) is 0.148. The van der Waals surface area contributed by atoms with Gasteiger partial charge in [0.05, 0.1) is 4.91 Å². The van der Waals surface area contributed by atoms with Crippen molar-refractivity contribution in [3.05, 3.63) is 97.9 Å². The van der Waals surface area contributed by atoms with Crippen LogP contribution in [-0.2, 0) is 16.2 Å². The fourth-order valence-electron chi connectivity index (χ4n) is 3.62. The highest BCUT2D eigenvalue weighted by atomic mass is 35.5. The van der Waals surface area contributed by atoms with Crippen LogP contribution < -0.4 is 10.1 Å². The topological polar surface area (TPSA) is 75.7 Å². The minimum Gasteiger partial charge on any atom is -0.489 e. The van der Waals surface area contributed by atoms with Crippen LogP contribution in [0.15, 0.2) is 65.6 Å². The summed E-state index contributed by atoms with van der Waals surface area (Å²) in [6, 6.07) is 18.0. The van der Waals surface area contributed by atoms with Gasteiger partial charge in [0, 0.05) is 21.3 Å². The predicted molar refractivity (Wildman–Crippen MR) is 144 cm³/mol. The number of amides is 3. The minimum atomic E-state index is -0.513. The molecule has 1 fully saturated rings. The molecule has 1 N–H and O–H groups in total. The number of nitrogens with one attached hydrogen (secondary N) is 1. The molecule has 0 saturated carbocycles. The van der Waals surface area contributed by atoms with E-state index in [1.165, 1.54) is 0 Å². The number of benzene rings is 3. The van der Waals surface area contributed by atoms with Crippen molar-refractivity contribution in [2.75, 3.05) is 11.9 Å². The lowest BCUT2D eigenvalue weighted by Crippen LogP contribution is -2.36. The Kier molecular flexibility index (Phi) is 8.04. The van der Waals surface area contributed by atoms with E-state index in [0.717, 1.165) is 33.4 Å². The molecule has 0 unspecified atom stereocenters. The first kappa shape index (κ1) is 25.8. The van der Waals surface area contributed by atoms with Gasteiger partial charge in [0.15, 0.2) is 0 Å². The Labute approximate surface area is 223 Å². The first-order valence-corrected chi connectivity index (χ1v) is 12.6. The Morgan fingerprint density at radius 2 is 1.75 bits per heavy atom.